The predicted octanol–water partition coefficient (Wildman–Crippen LogP) is 4.11. The summed E-state index contributed by atoms with van der Waals surface area (Å²) >= 11 is 0. The summed E-state index contributed by atoms with van der Waals surface area (Å²) in [5.74, 6) is 2.37. The minimum Gasteiger partial charge on any atom is -0.457 e. The number of benzene rings is 3. The molecule has 0 bridgehead atoms. The molecule has 33 heavy (non-hydrogen) atoms. The number of carbonyl (C=O) groups is 1. The van der Waals surface area contributed by atoms with Crippen molar-refractivity contribution in [1.82, 2.24) is 14.5 Å². The Kier molecular flexibility index (Phi) is 4.72. The largest absolute Gasteiger partial charge is 0.457 e. The van der Waals surface area contributed by atoms with Crippen LogP contribution in [0.4, 0.5) is 0 Å². The number of hydrogen-bond acceptors (Lipinski definition) is 4. The minimum atomic E-state index is -0.0623. The molecule has 6 rings (SSSR count). The van der Waals surface area contributed by atoms with Crippen molar-refractivity contribution in [3.05, 3.63) is 100 Å². The highest BCUT2D eigenvalue weighted by molar-refractivity contribution is 5.79. The van der Waals surface area contributed by atoms with Gasteiger partial charge in [0, 0.05) is 49.5 Å². The van der Waals surface area contributed by atoms with E-state index in [2.05, 4.69) is 0 Å². The van der Waals surface area contributed by atoms with Crippen LogP contribution in [0.3, 0.4) is 0 Å². The second-order valence-corrected chi connectivity index (χ2v) is 8.57. The van der Waals surface area contributed by atoms with Crippen LogP contribution in [0.15, 0.2) is 77.6 Å². The minimum absolute atomic E-state index is 0.0304. The fourth-order valence-electron chi connectivity index (χ4n) is 4.98. The van der Waals surface area contributed by atoms with E-state index in [1.165, 1.54) is 0 Å². The first-order valence-corrected chi connectivity index (χ1v) is 11.3. The summed E-state index contributed by atoms with van der Waals surface area (Å²) in [5, 5.41) is 0.622. The molecule has 0 saturated carbocycles. The van der Waals surface area contributed by atoms with Crippen molar-refractivity contribution >= 4 is 16.8 Å². The second kappa shape index (κ2) is 7.89. The third kappa shape index (κ3) is 3.39. The first-order valence-electron chi connectivity index (χ1n) is 11.3. The van der Waals surface area contributed by atoms with Crippen LogP contribution in [0.5, 0.6) is 11.5 Å². The highest BCUT2D eigenvalue weighted by Gasteiger charge is 2.31. The number of fused-ring (bicyclic) bond motifs is 4. The normalized spacial score (nSPS) is 15.2. The van der Waals surface area contributed by atoms with Gasteiger partial charge in [0.25, 0.3) is 5.56 Å². The zero-order valence-electron chi connectivity index (χ0n) is 18.1. The Balaban J connectivity index is 1.28. The molecule has 6 nitrogen and oxygen atoms in total. The molecule has 1 amide bonds. The average Bonchev–Trinajstić information content (AvgIpc) is 3.07. The Morgan fingerprint density at radius 1 is 0.879 bits per heavy atom. The van der Waals surface area contributed by atoms with Gasteiger partial charge in [-0.25, -0.2) is 4.98 Å². The highest BCUT2D eigenvalue weighted by Crippen LogP contribution is 2.45. The van der Waals surface area contributed by atoms with Crippen LogP contribution in [-0.4, -0.2) is 33.4 Å². The van der Waals surface area contributed by atoms with Gasteiger partial charge in [-0.05, 0) is 24.3 Å². The molecular formula is C27H23N3O3. The van der Waals surface area contributed by atoms with Crippen LogP contribution in [-0.2, 0) is 17.8 Å². The van der Waals surface area contributed by atoms with E-state index in [1.54, 1.807) is 4.57 Å². The zero-order valence-corrected chi connectivity index (χ0v) is 18.1. The van der Waals surface area contributed by atoms with Gasteiger partial charge in [0.05, 0.1) is 10.9 Å². The maximum atomic E-state index is 13.5. The predicted molar refractivity (Wildman–Crippen MR) is 126 cm³/mol. The lowest BCUT2D eigenvalue weighted by Crippen LogP contribution is -2.35. The van der Waals surface area contributed by atoms with Gasteiger partial charge in [0.15, 0.2) is 0 Å². The Bertz CT molecular complexity index is 1400. The first-order chi connectivity index (χ1) is 16.2. The maximum absolute atomic E-state index is 13.5. The van der Waals surface area contributed by atoms with Gasteiger partial charge >= 0.3 is 0 Å². The SMILES string of the molecule is O=C(CC1c2ccccc2Oc2ccccc21)N1CCc2nc3ccccc3c(=O)n2CC1. The molecule has 1 aromatic heterocycles. The summed E-state index contributed by atoms with van der Waals surface area (Å²) < 4.78 is 7.81. The smallest absolute Gasteiger partial charge is 0.261 e. The van der Waals surface area contributed by atoms with E-state index in [1.807, 2.05) is 77.7 Å². The fourth-order valence-corrected chi connectivity index (χ4v) is 4.98. The van der Waals surface area contributed by atoms with Crippen LogP contribution in [0.25, 0.3) is 10.9 Å². The Hall–Kier alpha value is -3.93. The number of para-hydroxylation sites is 3. The lowest BCUT2D eigenvalue weighted by atomic mass is 9.85. The van der Waals surface area contributed by atoms with Crippen LogP contribution in [0, 0.1) is 0 Å². The van der Waals surface area contributed by atoms with Crippen LogP contribution in [0.1, 0.15) is 29.3 Å². The van der Waals surface area contributed by atoms with Crippen LogP contribution >= 0.6 is 0 Å². The summed E-state index contributed by atoms with van der Waals surface area (Å²) in [6.45, 7) is 1.51. The second-order valence-electron chi connectivity index (χ2n) is 8.57. The van der Waals surface area contributed by atoms with Crippen molar-refractivity contribution in [2.45, 2.75) is 25.3 Å². The van der Waals surface area contributed by atoms with E-state index in [4.69, 9.17) is 9.72 Å². The van der Waals surface area contributed by atoms with Crippen LogP contribution in [0.2, 0.25) is 0 Å². The van der Waals surface area contributed by atoms with Crippen molar-refractivity contribution in [2.75, 3.05) is 13.1 Å². The average molecular weight is 437 g/mol. The lowest BCUT2D eigenvalue weighted by molar-refractivity contribution is -0.131. The van der Waals surface area contributed by atoms with Gasteiger partial charge in [-0.2, -0.15) is 0 Å². The van der Waals surface area contributed by atoms with E-state index in [0.29, 0.717) is 43.4 Å². The van der Waals surface area contributed by atoms with Crippen molar-refractivity contribution in [3.8, 4) is 11.5 Å². The topological polar surface area (TPSA) is 64.4 Å². The Labute approximate surface area is 191 Å². The number of rotatable bonds is 2. The molecule has 0 atom stereocenters. The van der Waals surface area contributed by atoms with Crippen LogP contribution < -0.4 is 10.3 Å². The van der Waals surface area contributed by atoms with Crippen molar-refractivity contribution in [2.24, 2.45) is 0 Å². The van der Waals surface area contributed by atoms with Crippen molar-refractivity contribution < 1.29 is 9.53 Å². The van der Waals surface area contributed by atoms with Gasteiger partial charge < -0.3 is 9.64 Å². The van der Waals surface area contributed by atoms with Gasteiger partial charge in [-0.15, -0.1) is 0 Å². The number of nitrogens with zero attached hydrogens (tertiary/aromatic N) is 3. The third-order valence-electron chi connectivity index (χ3n) is 6.68. The molecule has 6 heteroatoms. The third-order valence-corrected chi connectivity index (χ3v) is 6.68. The fraction of sp³-hybridized carbons (Fsp3) is 0.222. The summed E-state index contributed by atoms with van der Waals surface area (Å²) in [7, 11) is 0. The molecule has 164 valence electrons. The molecule has 3 heterocycles. The van der Waals surface area contributed by atoms with E-state index in [-0.39, 0.29) is 17.4 Å². The summed E-state index contributed by atoms with van der Waals surface area (Å²) in [5.41, 5.74) is 2.75. The zero-order chi connectivity index (χ0) is 22.4. The molecule has 0 saturated heterocycles. The molecule has 0 spiro atoms. The molecule has 0 unspecified atom stereocenters. The number of hydrogen-bond donors (Lipinski definition) is 0. The van der Waals surface area contributed by atoms with Gasteiger partial charge in [-0.1, -0.05) is 48.5 Å². The number of ether oxygens (including phenoxy) is 1. The Morgan fingerprint density at radius 2 is 1.55 bits per heavy atom. The standard InChI is InChI=1S/C27H23N3O3/c31-26(17-21-18-7-2-5-11-23(18)33-24-12-6-3-8-19(21)24)29-14-13-25-28-22-10-4-1-9-20(22)27(32)30(25)16-15-29/h1-12,21H,13-17H2. The number of aromatic nitrogens is 2. The van der Waals surface area contributed by atoms with Crippen molar-refractivity contribution in [1.29, 1.82) is 0 Å². The first kappa shape index (κ1) is 19.7. The van der Waals surface area contributed by atoms with E-state index in [0.717, 1.165) is 28.5 Å². The molecule has 0 N–H and O–H groups in total. The summed E-state index contributed by atoms with van der Waals surface area (Å²) in [4.78, 5) is 33.1. The monoisotopic (exact) mass is 437 g/mol. The number of carbonyl (C=O) groups excluding carboxylic acids is 1. The molecule has 4 aromatic rings. The Morgan fingerprint density at radius 3 is 2.30 bits per heavy atom. The van der Waals surface area contributed by atoms with Gasteiger partial charge in [-0.3, -0.25) is 14.2 Å². The summed E-state index contributed by atoms with van der Waals surface area (Å²) in [6.07, 6.45) is 0.921. The van der Waals surface area contributed by atoms with Gasteiger partial charge in [0.2, 0.25) is 5.91 Å². The van der Waals surface area contributed by atoms with Gasteiger partial charge in [0.1, 0.15) is 17.3 Å². The quantitative estimate of drug-likeness (QED) is 0.474. The lowest BCUT2D eigenvalue weighted by Gasteiger charge is -2.29. The molecule has 2 aliphatic heterocycles. The van der Waals surface area contributed by atoms with E-state index < -0.39 is 0 Å². The molecular weight excluding hydrogens is 414 g/mol. The molecule has 0 radical (unpaired) electrons. The molecule has 0 fully saturated rings. The number of amides is 1. The van der Waals surface area contributed by atoms with E-state index >= 15 is 0 Å². The molecule has 3 aromatic carbocycles. The maximum Gasteiger partial charge on any atom is 0.261 e. The van der Waals surface area contributed by atoms with E-state index in [9.17, 15) is 9.59 Å². The summed E-state index contributed by atoms with van der Waals surface area (Å²) in [6, 6.07) is 23.3. The molecule has 0 aliphatic carbocycles. The van der Waals surface area contributed by atoms with Crippen molar-refractivity contribution in [3.63, 3.8) is 0 Å². The molecule has 2 aliphatic rings. The highest BCUT2D eigenvalue weighted by atomic mass is 16.5.